The van der Waals surface area contributed by atoms with Gasteiger partial charge in [-0.2, -0.15) is 0 Å². The van der Waals surface area contributed by atoms with Crippen molar-refractivity contribution in [2.45, 2.75) is 69.2 Å². The van der Waals surface area contributed by atoms with Crippen LogP contribution in [0.2, 0.25) is 0 Å². The van der Waals surface area contributed by atoms with Gasteiger partial charge in [0.05, 0.1) is 12.2 Å². The second-order valence-electron chi connectivity index (χ2n) is 5.77. The summed E-state index contributed by atoms with van der Waals surface area (Å²) < 4.78 is 17.6. The van der Waals surface area contributed by atoms with Crippen molar-refractivity contribution in [1.29, 1.82) is 0 Å². The van der Waals surface area contributed by atoms with Crippen LogP contribution >= 0.6 is 0 Å². The summed E-state index contributed by atoms with van der Waals surface area (Å²) in [6.07, 6.45) is 10.3. The summed E-state index contributed by atoms with van der Waals surface area (Å²) in [6.45, 7) is 0. The lowest BCUT2D eigenvalue weighted by atomic mass is 9.66. The fourth-order valence-electron chi connectivity index (χ4n) is 4.26. The van der Waals surface area contributed by atoms with Gasteiger partial charge in [0.25, 0.3) is 0 Å². The molecule has 0 amide bonds. The Labute approximate surface area is 111 Å². The third-order valence-corrected chi connectivity index (χ3v) is 5.10. The maximum absolute atomic E-state index is 6.08. The van der Waals surface area contributed by atoms with E-state index in [1.54, 1.807) is 0 Å². The van der Waals surface area contributed by atoms with Gasteiger partial charge in [-0.05, 0) is 38.0 Å². The Balaban J connectivity index is 2.26. The van der Waals surface area contributed by atoms with Crippen LogP contribution in [0.3, 0.4) is 0 Å². The van der Waals surface area contributed by atoms with Crippen molar-refractivity contribution in [2.75, 3.05) is 21.3 Å². The van der Waals surface area contributed by atoms with Gasteiger partial charge in [-0.15, -0.1) is 0 Å². The summed E-state index contributed by atoms with van der Waals surface area (Å²) in [5.74, 6) is 0.589. The molecule has 0 aromatic carbocycles. The monoisotopic (exact) mass is 256 g/mol. The van der Waals surface area contributed by atoms with Crippen molar-refractivity contribution in [3.63, 3.8) is 0 Å². The van der Waals surface area contributed by atoms with Crippen LogP contribution < -0.4 is 0 Å². The third-order valence-electron chi connectivity index (χ3n) is 5.10. The molecule has 0 aromatic heterocycles. The minimum atomic E-state index is -0.220. The van der Waals surface area contributed by atoms with E-state index in [0.717, 1.165) is 12.8 Å². The smallest absolute Gasteiger partial charge is 0.123 e. The second-order valence-corrected chi connectivity index (χ2v) is 5.77. The fourth-order valence-corrected chi connectivity index (χ4v) is 4.26. The van der Waals surface area contributed by atoms with E-state index < -0.39 is 0 Å². The number of hydrogen-bond donors (Lipinski definition) is 0. The lowest BCUT2D eigenvalue weighted by molar-refractivity contribution is -0.231. The number of hydrogen-bond acceptors (Lipinski definition) is 3. The SMILES string of the molecule is COC1CCCC(OC)C1(OC)C1CCCCC1. The van der Waals surface area contributed by atoms with E-state index in [4.69, 9.17) is 14.2 Å². The molecule has 2 saturated carbocycles. The Hall–Kier alpha value is -0.120. The molecule has 0 aromatic rings. The van der Waals surface area contributed by atoms with Crippen LogP contribution in [0.25, 0.3) is 0 Å². The predicted molar refractivity (Wildman–Crippen MR) is 71.8 cm³/mol. The number of methoxy groups -OCH3 is 3. The average Bonchev–Trinajstić information content (AvgIpc) is 2.46. The summed E-state index contributed by atoms with van der Waals surface area (Å²) >= 11 is 0. The van der Waals surface area contributed by atoms with Gasteiger partial charge in [0.1, 0.15) is 5.60 Å². The first-order chi connectivity index (χ1) is 8.79. The summed E-state index contributed by atoms with van der Waals surface area (Å²) in [7, 11) is 5.48. The molecule has 0 saturated heterocycles. The zero-order valence-electron chi connectivity index (χ0n) is 12.1. The van der Waals surface area contributed by atoms with E-state index in [9.17, 15) is 0 Å². The largest absolute Gasteiger partial charge is 0.378 e. The van der Waals surface area contributed by atoms with Crippen LogP contribution in [0.4, 0.5) is 0 Å². The Morgan fingerprint density at radius 1 is 0.722 bits per heavy atom. The molecule has 106 valence electrons. The Morgan fingerprint density at radius 2 is 1.28 bits per heavy atom. The molecule has 2 unspecified atom stereocenters. The Bertz CT molecular complexity index is 236. The molecule has 2 aliphatic carbocycles. The van der Waals surface area contributed by atoms with Gasteiger partial charge in [0.2, 0.25) is 0 Å². The molecule has 2 fully saturated rings. The highest BCUT2D eigenvalue weighted by atomic mass is 16.6. The van der Waals surface area contributed by atoms with Gasteiger partial charge in [-0.1, -0.05) is 19.3 Å². The van der Waals surface area contributed by atoms with Crippen LogP contribution in [0.15, 0.2) is 0 Å². The van der Waals surface area contributed by atoms with E-state index in [1.807, 2.05) is 21.3 Å². The first kappa shape index (κ1) is 14.3. The average molecular weight is 256 g/mol. The normalized spacial score (nSPS) is 38.8. The van der Waals surface area contributed by atoms with E-state index in [1.165, 1.54) is 38.5 Å². The van der Waals surface area contributed by atoms with Crippen molar-refractivity contribution in [1.82, 2.24) is 0 Å². The maximum atomic E-state index is 6.08. The highest BCUT2D eigenvalue weighted by Gasteiger charge is 2.54. The first-order valence-corrected chi connectivity index (χ1v) is 7.40. The molecule has 0 radical (unpaired) electrons. The molecule has 2 atom stereocenters. The van der Waals surface area contributed by atoms with Crippen LogP contribution in [0.5, 0.6) is 0 Å². The number of ether oxygens (including phenoxy) is 3. The molecule has 0 aliphatic heterocycles. The van der Waals surface area contributed by atoms with Crippen LogP contribution in [-0.4, -0.2) is 39.1 Å². The van der Waals surface area contributed by atoms with Gasteiger partial charge in [0, 0.05) is 21.3 Å². The molecular weight excluding hydrogens is 228 g/mol. The summed E-state index contributed by atoms with van der Waals surface area (Å²) in [5.41, 5.74) is -0.220. The van der Waals surface area contributed by atoms with Crippen LogP contribution in [0, 0.1) is 5.92 Å². The maximum Gasteiger partial charge on any atom is 0.123 e. The molecule has 2 rings (SSSR count). The van der Waals surface area contributed by atoms with Crippen molar-refractivity contribution in [3.8, 4) is 0 Å². The first-order valence-electron chi connectivity index (χ1n) is 7.40. The Kier molecular flexibility index (Phi) is 5.05. The molecule has 0 heterocycles. The number of rotatable bonds is 4. The van der Waals surface area contributed by atoms with Crippen LogP contribution in [0.1, 0.15) is 51.4 Å². The van der Waals surface area contributed by atoms with E-state index in [0.29, 0.717) is 5.92 Å². The fraction of sp³-hybridized carbons (Fsp3) is 1.00. The summed E-state index contributed by atoms with van der Waals surface area (Å²) in [4.78, 5) is 0. The summed E-state index contributed by atoms with van der Waals surface area (Å²) in [6, 6.07) is 0. The van der Waals surface area contributed by atoms with Gasteiger partial charge >= 0.3 is 0 Å². The van der Waals surface area contributed by atoms with Gasteiger partial charge in [0.15, 0.2) is 0 Å². The van der Waals surface area contributed by atoms with Crippen LogP contribution in [-0.2, 0) is 14.2 Å². The van der Waals surface area contributed by atoms with E-state index in [-0.39, 0.29) is 17.8 Å². The topological polar surface area (TPSA) is 27.7 Å². The highest BCUT2D eigenvalue weighted by Crippen LogP contribution is 2.46. The molecule has 3 heteroatoms. The van der Waals surface area contributed by atoms with Gasteiger partial charge in [-0.3, -0.25) is 0 Å². The zero-order valence-corrected chi connectivity index (χ0v) is 12.1. The lowest BCUT2D eigenvalue weighted by Gasteiger charge is -2.52. The predicted octanol–water partition coefficient (Wildman–Crippen LogP) is 3.17. The second kappa shape index (κ2) is 6.36. The minimum absolute atomic E-state index is 0.185. The molecule has 18 heavy (non-hydrogen) atoms. The molecule has 0 spiro atoms. The highest BCUT2D eigenvalue weighted by molar-refractivity contribution is 5.04. The summed E-state index contributed by atoms with van der Waals surface area (Å²) in [5, 5.41) is 0. The van der Waals surface area contributed by atoms with E-state index in [2.05, 4.69) is 0 Å². The van der Waals surface area contributed by atoms with Crippen molar-refractivity contribution < 1.29 is 14.2 Å². The standard InChI is InChI=1S/C15H28O3/c1-16-13-10-7-11-14(17-2)15(13,18-3)12-8-5-4-6-9-12/h12-14H,4-11H2,1-3H3. The Morgan fingerprint density at radius 3 is 1.72 bits per heavy atom. The quantitative estimate of drug-likeness (QED) is 0.773. The van der Waals surface area contributed by atoms with Crippen molar-refractivity contribution in [2.24, 2.45) is 5.92 Å². The minimum Gasteiger partial charge on any atom is -0.378 e. The molecule has 0 bridgehead atoms. The molecule has 3 nitrogen and oxygen atoms in total. The van der Waals surface area contributed by atoms with Crippen molar-refractivity contribution >= 4 is 0 Å². The lowest BCUT2D eigenvalue weighted by Crippen LogP contribution is -2.62. The molecular formula is C15H28O3. The third kappa shape index (κ3) is 2.33. The van der Waals surface area contributed by atoms with E-state index >= 15 is 0 Å². The van der Waals surface area contributed by atoms with Gasteiger partial charge in [-0.25, -0.2) is 0 Å². The van der Waals surface area contributed by atoms with Crippen molar-refractivity contribution in [3.05, 3.63) is 0 Å². The zero-order chi connectivity index (χ0) is 13.0. The molecule has 0 N–H and O–H groups in total. The molecule has 2 aliphatic rings. The van der Waals surface area contributed by atoms with Gasteiger partial charge < -0.3 is 14.2 Å².